The molecule has 0 atom stereocenters. The molecular formula is C25H43BrNO2PS. The monoisotopic (exact) mass is 531 g/mol. The molecule has 0 saturated carbocycles. The van der Waals surface area contributed by atoms with E-state index in [9.17, 15) is 9.59 Å². The van der Waals surface area contributed by atoms with Crippen LogP contribution in [0.3, 0.4) is 0 Å². The summed E-state index contributed by atoms with van der Waals surface area (Å²) in [7, 11) is -1.07. The zero-order valence-corrected chi connectivity index (χ0v) is 23.3. The zero-order chi connectivity index (χ0) is 22.2. The Labute approximate surface area is 206 Å². The molecule has 0 bridgehead atoms. The number of carbonyl (C=O) groups is 2. The quantitative estimate of drug-likeness (QED) is 0.257. The van der Waals surface area contributed by atoms with Crippen LogP contribution in [0.4, 0.5) is 0 Å². The molecule has 1 amide bonds. The van der Waals surface area contributed by atoms with Crippen molar-refractivity contribution in [2.75, 3.05) is 25.0 Å². The molecule has 0 aliphatic carbocycles. The summed E-state index contributed by atoms with van der Waals surface area (Å²) in [5.74, 6) is -0.0385. The molecule has 0 spiro atoms. The van der Waals surface area contributed by atoms with Crippen LogP contribution in [0.5, 0.6) is 0 Å². The summed E-state index contributed by atoms with van der Waals surface area (Å²) in [6.07, 6.45) is 13.6. The second-order valence-electron chi connectivity index (χ2n) is 8.27. The fourth-order valence-corrected chi connectivity index (χ4v) is 9.90. The van der Waals surface area contributed by atoms with Crippen molar-refractivity contribution < 1.29 is 26.6 Å². The lowest BCUT2D eigenvalue weighted by Crippen LogP contribution is -3.00. The van der Waals surface area contributed by atoms with Crippen molar-refractivity contribution in [1.82, 2.24) is 5.32 Å². The molecule has 0 radical (unpaired) electrons. The molecule has 0 aliphatic heterocycles. The Morgan fingerprint density at radius 3 is 1.94 bits per heavy atom. The van der Waals surface area contributed by atoms with E-state index in [2.05, 4.69) is 44.3 Å². The van der Waals surface area contributed by atoms with Gasteiger partial charge >= 0.3 is 0 Å². The summed E-state index contributed by atoms with van der Waals surface area (Å²) >= 11 is 1.34. The Kier molecular flexibility index (Phi) is 17.9. The minimum Gasteiger partial charge on any atom is -1.00 e. The third kappa shape index (κ3) is 12.4. The van der Waals surface area contributed by atoms with Crippen LogP contribution in [0.15, 0.2) is 29.2 Å². The highest BCUT2D eigenvalue weighted by molar-refractivity contribution is 8.13. The Hall–Kier alpha value is -0.380. The fourth-order valence-electron chi connectivity index (χ4n) is 3.82. The molecule has 0 fully saturated rings. The van der Waals surface area contributed by atoms with E-state index >= 15 is 0 Å². The van der Waals surface area contributed by atoms with E-state index in [1.807, 2.05) is 13.0 Å². The van der Waals surface area contributed by atoms with Crippen molar-refractivity contribution in [2.45, 2.75) is 90.1 Å². The summed E-state index contributed by atoms with van der Waals surface area (Å²) in [4.78, 5) is 25.3. The summed E-state index contributed by atoms with van der Waals surface area (Å²) in [6, 6.07) is 8.48. The number of carbonyl (C=O) groups excluding carboxylic acids is 2. The normalized spacial score (nSPS) is 11.1. The van der Waals surface area contributed by atoms with Crippen LogP contribution in [-0.4, -0.2) is 36.1 Å². The molecule has 3 nitrogen and oxygen atoms in total. The standard InChI is InChI=1S/C25H42NO2PS.BrH/c1-5-9-18-29(19-10-6-2,20-11-7-3)21-22-14-12-13-15-23(22)30-25(28)17-16-24(27)26-8-4;/h12-15H,5-11,16-21H2,1-4H3;1H. The number of halogens is 1. The number of hydrogen-bond acceptors (Lipinski definition) is 3. The van der Waals surface area contributed by atoms with Gasteiger partial charge in [0.15, 0.2) is 5.12 Å². The molecule has 31 heavy (non-hydrogen) atoms. The van der Waals surface area contributed by atoms with Gasteiger partial charge in [-0.15, -0.1) is 0 Å². The molecule has 0 saturated heterocycles. The molecule has 6 heteroatoms. The van der Waals surface area contributed by atoms with Crippen molar-refractivity contribution in [3.63, 3.8) is 0 Å². The van der Waals surface area contributed by atoms with Crippen molar-refractivity contribution in [1.29, 1.82) is 0 Å². The fraction of sp³-hybridized carbons (Fsp3) is 0.680. The number of benzene rings is 1. The van der Waals surface area contributed by atoms with Crippen molar-refractivity contribution in [3.8, 4) is 0 Å². The van der Waals surface area contributed by atoms with Crippen LogP contribution in [0.25, 0.3) is 0 Å². The first-order valence-corrected chi connectivity index (χ1v) is 15.2. The lowest BCUT2D eigenvalue weighted by atomic mass is 10.2. The highest BCUT2D eigenvalue weighted by Crippen LogP contribution is 2.63. The lowest BCUT2D eigenvalue weighted by molar-refractivity contribution is -0.122. The predicted molar refractivity (Wildman–Crippen MR) is 135 cm³/mol. The number of thioether (sulfide) groups is 1. The minimum absolute atomic E-state index is 0. The molecule has 1 aromatic carbocycles. The third-order valence-electron chi connectivity index (χ3n) is 5.59. The maximum atomic E-state index is 12.5. The topological polar surface area (TPSA) is 46.2 Å². The third-order valence-corrected chi connectivity index (χ3v) is 11.4. The second-order valence-corrected chi connectivity index (χ2v) is 13.7. The number of rotatable bonds is 16. The molecule has 178 valence electrons. The number of nitrogens with one attached hydrogen (secondary N) is 1. The minimum atomic E-state index is -1.07. The largest absolute Gasteiger partial charge is 1.00 e. The summed E-state index contributed by atoms with van der Waals surface area (Å²) in [5.41, 5.74) is 1.35. The zero-order valence-electron chi connectivity index (χ0n) is 20.1. The maximum Gasteiger partial charge on any atom is 0.220 e. The smallest absolute Gasteiger partial charge is 0.220 e. The summed E-state index contributed by atoms with van der Waals surface area (Å²) in [5, 5.41) is 2.86. The van der Waals surface area contributed by atoms with Crippen LogP contribution in [0.2, 0.25) is 0 Å². The first-order chi connectivity index (χ1) is 14.5. The SMILES string of the molecule is CCCC[P+](CCCC)(CCCC)Cc1ccccc1SC(=O)CCC(=O)NCC.[Br-]. The van der Waals surface area contributed by atoms with E-state index in [4.69, 9.17) is 0 Å². The Balaban J connectivity index is 0.00000900. The maximum absolute atomic E-state index is 12.5. The van der Waals surface area contributed by atoms with Gasteiger partial charge in [0, 0.05) is 37.1 Å². The van der Waals surface area contributed by atoms with Gasteiger partial charge in [0.1, 0.15) is 0 Å². The molecule has 0 heterocycles. The molecule has 0 unspecified atom stereocenters. The van der Waals surface area contributed by atoms with Crippen LogP contribution >= 0.6 is 19.0 Å². The number of amides is 1. The Morgan fingerprint density at radius 1 is 0.871 bits per heavy atom. The Morgan fingerprint density at radius 2 is 1.42 bits per heavy atom. The van der Waals surface area contributed by atoms with Crippen LogP contribution in [0.1, 0.15) is 84.6 Å². The van der Waals surface area contributed by atoms with Crippen molar-refractivity contribution in [3.05, 3.63) is 29.8 Å². The lowest BCUT2D eigenvalue weighted by Gasteiger charge is -2.29. The van der Waals surface area contributed by atoms with Gasteiger partial charge in [0.2, 0.25) is 5.91 Å². The number of unbranched alkanes of at least 4 members (excludes halogenated alkanes) is 3. The van der Waals surface area contributed by atoms with E-state index < -0.39 is 7.26 Å². The van der Waals surface area contributed by atoms with Crippen molar-refractivity contribution >= 4 is 30.0 Å². The molecule has 1 N–H and O–H groups in total. The first-order valence-electron chi connectivity index (χ1n) is 11.9. The molecular weight excluding hydrogens is 489 g/mol. The van der Waals surface area contributed by atoms with E-state index in [0.29, 0.717) is 13.0 Å². The van der Waals surface area contributed by atoms with Crippen molar-refractivity contribution in [2.24, 2.45) is 0 Å². The van der Waals surface area contributed by atoms with E-state index in [1.165, 1.54) is 80.5 Å². The van der Waals surface area contributed by atoms with E-state index in [1.54, 1.807) is 0 Å². The molecule has 1 aromatic rings. The van der Waals surface area contributed by atoms with Gasteiger partial charge in [0.05, 0.1) is 24.6 Å². The van der Waals surface area contributed by atoms with Crippen LogP contribution in [-0.2, 0) is 15.8 Å². The van der Waals surface area contributed by atoms with Gasteiger partial charge in [-0.05, 0) is 32.3 Å². The van der Waals surface area contributed by atoms with Crippen LogP contribution in [0, 0.1) is 0 Å². The average Bonchev–Trinajstić information content (AvgIpc) is 2.75. The van der Waals surface area contributed by atoms with Gasteiger partial charge in [-0.3, -0.25) is 9.59 Å². The Bertz CT molecular complexity index is 620. The molecule has 1 rings (SSSR count). The first kappa shape index (κ1) is 30.6. The highest BCUT2D eigenvalue weighted by Gasteiger charge is 2.36. The highest BCUT2D eigenvalue weighted by atomic mass is 79.9. The van der Waals surface area contributed by atoms with Gasteiger partial charge < -0.3 is 22.3 Å². The average molecular weight is 533 g/mol. The van der Waals surface area contributed by atoms with Gasteiger partial charge in [0.25, 0.3) is 0 Å². The second kappa shape index (κ2) is 18.1. The van der Waals surface area contributed by atoms with E-state index in [-0.39, 0.29) is 34.4 Å². The van der Waals surface area contributed by atoms with Gasteiger partial charge in [-0.2, -0.15) is 0 Å². The van der Waals surface area contributed by atoms with Crippen LogP contribution < -0.4 is 22.3 Å². The van der Waals surface area contributed by atoms with Gasteiger partial charge in [-0.1, -0.05) is 70.0 Å². The van der Waals surface area contributed by atoms with E-state index in [0.717, 1.165) is 4.90 Å². The summed E-state index contributed by atoms with van der Waals surface area (Å²) in [6.45, 7) is 9.40. The summed E-state index contributed by atoms with van der Waals surface area (Å²) < 4.78 is 0. The van der Waals surface area contributed by atoms with Gasteiger partial charge in [-0.25, -0.2) is 0 Å². The number of hydrogen-bond donors (Lipinski definition) is 1. The molecule has 0 aromatic heterocycles. The predicted octanol–water partition coefficient (Wildman–Crippen LogP) is 4.14. The molecule has 0 aliphatic rings.